The van der Waals surface area contributed by atoms with Gasteiger partial charge < -0.3 is 14.6 Å². The van der Waals surface area contributed by atoms with Crippen molar-refractivity contribution in [3.63, 3.8) is 0 Å². The van der Waals surface area contributed by atoms with Crippen molar-refractivity contribution in [1.29, 1.82) is 0 Å². The van der Waals surface area contributed by atoms with E-state index in [9.17, 15) is 18.4 Å². The second-order valence-corrected chi connectivity index (χ2v) is 7.86. The van der Waals surface area contributed by atoms with Crippen LogP contribution in [0.25, 0.3) is 5.52 Å². The third-order valence-electron chi connectivity index (χ3n) is 5.09. The first-order valence-corrected chi connectivity index (χ1v) is 10.7. The van der Waals surface area contributed by atoms with Crippen LogP contribution in [-0.4, -0.2) is 20.1 Å². The number of carbonyl (C=O) groups is 1. The largest absolute Gasteiger partial charge is 0.452 e. The highest BCUT2D eigenvalue weighted by molar-refractivity contribution is 6.04. The number of amides is 1. The van der Waals surface area contributed by atoms with Gasteiger partial charge in [0.1, 0.15) is 11.1 Å². The van der Waals surface area contributed by atoms with Gasteiger partial charge in [0.2, 0.25) is 0 Å². The molecule has 0 aliphatic heterocycles. The lowest BCUT2D eigenvalue weighted by Crippen LogP contribution is -2.29. The zero-order valence-corrected chi connectivity index (χ0v) is 19.0. The van der Waals surface area contributed by atoms with Crippen LogP contribution in [0.1, 0.15) is 24.2 Å². The van der Waals surface area contributed by atoms with Crippen molar-refractivity contribution < 1.29 is 18.3 Å². The van der Waals surface area contributed by atoms with Crippen molar-refractivity contribution in [3.05, 3.63) is 112 Å². The van der Waals surface area contributed by atoms with E-state index < -0.39 is 17.3 Å². The van der Waals surface area contributed by atoms with E-state index in [0.717, 1.165) is 11.6 Å². The minimum atomic E-state index is -0.688. The molecule has 1 amide bonds. The molecule has 35 heavy (non-hydrogen) atoms. The Balaban J connectivity index is 1.50. The van der Waals surface area contributed by atoms with E-state index in [1.54, 1.807) is 54.2 Å². The molecule has 0 aliphatic carbocycles. The van der Waals surface area contributed by atoms with Crippen LogP contribution in [0.5, 0.6) is 11.5 Å². The third kappa shape index (κ3) is 5.52. The zero-order valence-electron chi connectivity index (χ0n) is 19.0. The molecular weight excluding hydrogens is 454 g/mol. The molecular formula is C26H22F2N4O3. The van der Waals surface area contributed by atoms with Crippen molar-refractivity contribution in [2.45, 2.75) is 20.4 Å². The van der Waals surface area contributed by atoms with Crippen LogP contribution >= 0.6 is 0 Å². The zero-order chi connectivity index (χ0) is 24.9. The van der Waals surface area contributed by atoms with E-state index in [1.807, 2.05) is 0 Å². The highest BCUT2D eigenvalue weighted by Gasteiger charge is 2.15. The van der Waals surface area contributed by atoms with E-state index in [1.165, 1.54) is 42.0 Å². The first-order chi connectivity index (χ1) is 16.8. The monoisotopic (exact) mass is 476 g/mol. The van der Waals surface area contributed by atoms with Crippen molar-refractivity contribution in [2.24, 2.45) is 0 Å². The summed E-state index contributed by atoms with van der Waals surface area (Å²) in [6.07, 6.45) is 7.75. The molecule has 7 nitrogen and oxygen atoms in total. The number of hydrogen-bond acceptors (Lipinski definition) is 4. The summed E-state index contributed by atoms with van der Waals surface area (Å²) in [5.74, 6) is -1.33. The number of anilines is 1. The number of ether oxygens (including phenoxy) is 1. The smallest absolute Gasteiger partial charge is 0.263 e. The molecule has 0 unspecified atom stereocenters. The molecule has 178 valence electrons. The summed E-state index contributed by atoms with van der Waals surface area (Å²) in [5, 5.41) is 6.65. The van der Waals surface area contributed by atoms with Gasteiger partial charge in [-0.05, 0) is 62.4 Å². The molecule has 0 radical (unpaired) electrons. The van der Waals surface area contributed by atoms with Gasteiger partial charge >= 0.3 is 0 Å². The fraction of sp³-hybridized carbons (Fsp3) is 0.115. The molecule has 0 saturated heterocycles. The molecule has 1 N–H and O–H groups in total. The van der Waals surface area contributed by atoms with E-state index in [4.69, 9.17) is 4.74 Å². The van der Waals surface area contributed by atoms with Crippen LogP contribution < -0.4 is 15.6 Å². The van der Waals surface area contributed by atoms with Crippen LogP contribution in [0.3, 0.4) is 0 Å². The summed E-state index contributed by atoms with van der Waals surface area (Å²) in [5.41, 5.74) is 0.937. The van der Waals surface area contributed by atoms with Crippen LogP contribution in [-0.2, 0) is 6.54 Å². The number of benzene rings is 1. The number of hydrogen-bond donors (Lipinski definition) is 1. The number of carbonyl (C=O) groups excluding carboxylic acids is 1. The molecule has 3 heterocycles. The highest BCUT2D eigenvalue weighted by Crippen LogP contribution is 2.29. The van der Waals surface area contributed by atoms with E-state index >= 15 is 0 Å². The van der Waals surface area contributed by atoms with Crippen LogP contribution in [0, 0.1) is 5.82 Å². The highest BCUT2D eigenvalue weighted by atomic mass is 19.1. The molecule has 4 rings (SSSR count). The van der Waals surface area contributed by atoms with Crippen LogP contribution in [0.4, 0.5) is 14.5 Å². The fourth-order valence-corrected chi connectivity index (χ4v) is 3.40. The second-order valence-electron chi connectivity index (χ2n) is 7.86. The molecule has 0 saturated carbocycles. The maximum absolute atomic E-state index is 14.7. The van der Waals surface area contributed by atoms with Crippen molar-refractivity contribution in [1.82, 2.24) is 14.2 Å². The van der Waals surface area contributed by atoms with Crippen molar-refractivity contribution >= 4 is 17.1 Å². The Hall–Kier alpha value is -4.53. The maximum atomic E-state index is 14.7. The van der Waals surface area contributed by atoms with Crippen molar-refractivity contribution in [2.75, 3.05) is 5.32 Å². The lowest BCUT2D eigenvalue weighted by molar-refractivity contribution is 0.102. The van der Waals surface area contributed by atoms with Gasteiger partial charge in [0, 0.05) is 30.7 Å². The second kappa shape index (κ2) is 10.2. The summed E-state index contributed by atoms with van der Waals surface area (Å²) in [6, 6.07) is 12.1. The number of pyridine rings is 2. The summed E-state index contributed by atoms with van der Waals surface area (Å²) >= 11 is 0. The Labute approximate surface area is 199 Å². The van der Waals surface area contributed by atoms with Gasteiger partial charge in [-0.15, -0.1) is 0 Å². The van der Waals surface area contributed by atoms with Gasteiger partial charge in [0.25, 0.3) is 11.5 Å². The van der Waals surface area contributed by atoms with Crippen LogP contribution in [0.15, 0.2) is 95.5 Å². The first-order valence-electron chi connectivity index (χ1n) is 10.7. The maximum Gasteiger partial charge on any atom is 0.263 e. The molecule has 0 spiro atoms. The van der Waals surface area contributed by atoms with Crippen molar-refractivity contribution in [3.8, 4) is 11.5 Å². The van der Waals surface area contributed by atoms with Gasteiger partial charge in [-0.25, -0.2) is 13.3 Å². The minimum absolute atomic E-state index is 0.0285. The molecule has 3 aromatic heterocycles. The SMILES string of the molecule is C/C(F)=C\C=C(/C)Cn1cccc(C(=O)Nc2ccc(Oc3cccn4nccc34)c(F)c2)c1=O. The van der Waals surface area contributed by atoms with Gasteiger partial charge in [-0.3, -0.25) is 9.59 Å². The fourth-order valence-electron chi connectivity index (χ4n) is 3.40. The molecule has 0 bridgehead atoms. The number of rotatable bonds is 7. The van der Waals surface area contributed by atoms with Gasteiger partial charge in [-0.2, -0.15) is 5.10 Å². The Bertz CT molecular complexity index is 1510. The molecule has 9 heteroatoms. The number of halogens is 2. The number of aromatic nitrogens is 3. The molecule has 0 fully saturated rings. The molecule has 1 aromatic carbocycles. The van der Waals surface area contributed by atoms with E-state index in [2.05, 4.69) is 10.4 Å². The lowest BCUT2D eigenvalue weighted by atomic mass is 10.2. The summed E-state index contributed by atoms with van der Waals surface area (Å²) in [7, 11) is 0. The van der Waals surface area contributed by atoms with E-state index in [0.29, 0.717) is 11.3 Å². The Morgan fingerprint density at radius 2 is 1.89 bits per heavy atom. The van der Waals surface area contributed by atoms with Crippen LogP contribution in [0.2, 0.25) is 0 Å². The third-order valence-corrected chi connectivity index (χ3v) is 5.09. The minimum Gasteiger partial charge on any atom is -0.452 e. The molecule has 0 atom stereocenters. The van der Waals surface area contributed by atoms with Gasteiger partial charge in [0.05, 0.1) is 12.0 Å². The predicted octanol–water partition coefficient (Wildman–Crippen LogP) is 5.50. The standard InChI is InChI=1S/C26H22F2N4O3/c1-17(7-8-18(2)27)16-31-13-3-5-20(26(31)34)25(33)30-19-9-10-23(21(28)15-19)35-24-6-4-14-32-22(24)11-12-29-32/h3-15H,16H2,1-2H3,(H,30,33)/b17-7+,18-8+. The first kappa shape index (κ1) is 23.6. The topological polar surface area (TPSA) is 77.6 Å². The lowest BCUT2D eigenvalue weighted by Gasteiger charge is -2.11. The number of nitrogens with zero attached hydrogens (tertiary/aromatic N) is 3. The average molecular weight is 476 g/mol. The average Bonchev–Trinajstić information content (AvgIpc) is 3.31. The number of fused-ring (bicyclic) bond motifs is 1. The summed E-state index contributed by atoms with van der Waals surface area (Å²) < 4.78 is 36.3. The summed E-state index contributed by atoms with van der Waals surface area (Å²) in [6.45, 7) is 3.26. The number of allylic oxidation sites excluding steroid dienone is 4. The van der Waals surface area contributed by atoms with Gasteiger partial charge in [0.15, 0.2) is 17.3 Å². The Kier molecular flexibility index (Phi) is 6.86. The van der Waals surface area contributed by atoms with E-state index in [-0.39, 0.29) is 29.4 Å². The molecule has 0 aliphatic rings. The predicted molar refractivity (Wildman–Crippen MR) is 129 cm³/mol. The summed E-state index contributed by atoms with van der Waals surface area (Å²) in [4.78, 5) is 25.5. The Morgan fingerprint density at radius 3 is 2.66 bits per heavy atom. The quantitative estimate of drug-likeness (QED) is 0.358. The Morgan fingerprint density at radius 1 is 1.09 bits per heavy atom. The normalized spacial score (nSPS) is 12.1. The molecule has 4 aromatic rings. The number of nitrogens with one attached hydrogen (secondary N) is 1. The van der Waals surface area contributed by atoms with Gasteiger partial charge in [-0.1, -0.05) is 11.6 Å².